The zero-order valence-corrected chi connectivity index (χ0v) is 17.4. The molecule has 152 valence electrons. The molecular formula is C22H24FN3O2S. The molecule has 1 amide bonds. The molecule has 1 fully saturated rings. The Labute approximate surface area is 172 Å². The SMILES string of the molecule is Cn1c(=O)n(C)c2cc(SC3CCCCC3)c(NC(=O)c3ccccc3F)cc21. The Balaban J connectivity index is 1.76. The summed E-state index contributed by atoms with van der Waals surface area (Å²) in [4.78, 5) is 26.0. The van der Waals surface area contributed by atoms with Crippen molar-refractivity contribution in [1.82, 2.24) is 9.13 Å². The highest BCUT2D eigenvalue weighted by atomic mass is 32.2. The van der Waals surface area contributed by atoms with Crippen molar-refractivity contribution in [2.24, 2.45) is 14.1 Å². The molecule has 0 bridgehead atoms. The van der Waals surface area contributed by atoms with Crippen LogP contribution in [-0.4, -0.2) is 20.3 Å². The van der Waals surface area contributed by atoms with Crippen molar-refractivity contribution in [1.29, 1.82) is 0 Å². The number of carbonyl (C=O) groups excluding carboxylic acids is 1. The maximum absolute atomic E-state index is 14.1. The van der Waals surface area contributed by atoms with Crippen LogP contribution in [0, 0.1) is 5.82 Å². The number of anilines is 1. The van der Waals surface area contributed by atoms with Gasteiger partial charge in [-0.1, -0.05) is 31.4 Å². The summed E-state index contributed by atoms with van der Waals surface area (Å²) in [5, 5.41) is 3.36. The molecule has 0 saturated heterocycles. The molecule has 0 atom stereocenters. The number of fused-ring (bicyclic) bond motifs is 1. The maximum Gasteiger partial charge on any atom is 0.328 e. The van der Waals surface area contributed by atoms with Crippen LogP contribution < -0.4 is 11.0 Å². The smallest absolute Gasteiger partial charge is 0.321 e. The molecular weight excluding hydrogens is 389 g/mol. The van der Waals surface area contributed by atoms with E-state index in [1.165, 1.54) is 31.4 Å². The lowest BCUT2D eigenvalue weighted by molar-refractivity contribution is 0.102. The molecule has 1 aromatic heterocycles. The summed E-state index contributed by atoms with van der Waals surface area (Å²) < 4.78 is 17.2. The second kappa shape index (κ2) is 8.06. The fourth-order valence-electron chi connectivity index (χ4n) is 3.92. The summed E-state index contributed by atoms with van der Waals surface area (Å²) in [5.74, 6) is -1.05. The zero-order valence-electron chi connectivity index (χ0n) is 16.6. The van der Waals surface area contributed by atoms with Crippen molar-refractivity contribution in [3.05, 3.63) is 58.3 Å². The number of imidazole rings is 1. The van der Waals surface area contributed by atoms with Crippen LogP contribution in [0.1, 0.15) is 42.5 Å². The highest BCUT2D eigenvalue weighted by Crippen LogP contribution is 2.39. The quantitative estimate of drug-likeness (QED) is 0.675. The number of nitrogens with one attached hydrogen (secondary N) is 1. The Morgan fingerprint density at radius 3 is 2.41 bits per heavy atom. The lowest BCUT2D eigenvalue weighted by atomic mass is 10.0. The molecule has 7 heteroatoms. The zero-order chi connectivity index (χ0) is 20.5. The monoisotopic (exact) mass is 413 g/mol. The number of nitrogens with zero attached hydrogens (tertiary/aromatic N) is 2. The lowest BCUT2D eigenvalue weighted by Gasteiger charge is -2.22. The summed E-state index contributed by atoms with van der Waals surface area (Å²) >= 11 is 1.74. The predicted octanol–water partition coefficient (Wildman–Crippen LogP) is 4.69. The molecule has 0 radical (unpaired) electrons. The van der Waals surface area contributed by atoms with E-state index in [0.717, 1.165) is 28.8 Å². The minimum absolute atomic E-state index is 0.00293. The molecule has 1 N–H and O–H groups in total. The summed E-state index contributed by atoms with van der Waals surface area (Å²) in [7, 11) is 3.46. The van der Waals surface area contributed by atoms with E-state index in [9.17, 15) is 14.0 Å². The number of hydrogen-bond acceptors (Lipinski definition) is 3. The van der Waals surface area contributed by atoms with Gasteiger partial charge < -0.3 is 5.32 Å². The molecule has 4 rings (SSSR count). The van der Waals surface area contributed by atoms with Crippen molar-refractivity contribution in [3.8, 4) is 0 Å². The maximum atomic E-state index is 14.1. The highest BCUT2D eigenvalue weighted by molar-refractivity contribution is 8.00. The van der Waals surface area contributed by atoms with Crippen LogP contribution in [0.4, 0.5) is 10.1 Å². The minimum Gasteiger partial charge on any atom is -0.321 e. The first-order valence-electron chi connectivity index (χ1n) is 9.87. The molecule has 0 aliphatic heterocycles. The van der Waals surface area contributed by atoms with E-state index in [0.29, 0.717) is 10.9 Å². The highest BCUT2D eigenvalue weighted by Gasteiger charge is 2.21. The first kappa shape index (κ1) is 19.8. The van der Waals surface area contributed by atoms with Crippen molar-refractivity contribution < 1.29 is 9.18 Å². The predicted molar refractivity (Wildman–Crippen MR) is 115 cm³/mol. The van der Waals surface area contributed by atoms with Crippen LogP contribution in [0.25, 0.3) is 11.0 Å². The van der Waals surface area contributed by atoms with E-state index in [1.807, 2.05) is 12.1 Å². The number of thioether (sulfide) groups is 1. The number of amides is 1. The van der Waals surface area contributed by atoms with Gasteiger partial charge in [-0.15, -0.1) is 11.8 Å². The van der Waals surface area contributed by atoms with Gasteiger partial charge in [0.25, 0.3) is 5.91 Å². The Bertz CT molecular complexity index is 1130. The fraction of sp³-hybridized carbons (Fsp3) is 0.364. The minimum atomic E-state index is -0.556. The van der Waals surface area contributed by atoms with Crippen molar-refractivity contribution >= 4 is 34.4 Å². The van der Waals surface area contributed by atoms with E-state index < -0.39 is 11.7 Å². The van der Waals surface area contributed by atoms with Gasteiger partial charge in [0.2, 0.25) is 0 Å². The van der Waals surface area contributed by atoms with Crippen LogP contribution >= 0.6 is 11.8 Å². The van der Waals surface area contributed by atoms with Gasteiger partial charge in [-0.05, 0) is 37.1 Å². The van der Waals surface area contributed by atoms with Gasteiger partial charge in [-0.2, -0.15) is 0 Å². The molecule has 3 aromatic rings. The second-order valence-corrected chi connectivity index (χ2v) is 8.89. The van der Waals surface area contributed by atoms with E-state index in [1.54, 1.807) is 47.1 Å². The number of benzene rings is 2. The van der Waals surface area contributed by atoms with Crippen LogP contribution in [0.3, 0.4) is 0 Å². The average molecular weight is 414 g/mol. The Morgan fingerprint density at radius 1 is 1.07 bits per heavy atom. The van der Waals surface area contributed by atoms with Crippen LogP contribution in [0.5, 0.6) is 0 Å². The van der Waals surface area contributed by atoms with Crippen molar-refractivity contribution in [2.45, 2.75) is 42.2 Å². The van der Waals surface area contributed by atoms with Crippen LogP contribution in [0.2, 0.25) is 0 Å². The van der Waals surface area contributed by atoms with Crippen LogP contribution in [-0.2, 0) is 14.1 Å². The summed E-state index contributed by atoms with van der Waals surface area (Å²) in [5.41, 5.74) is 2.05. The normalized spacial score (nSPS) is 15.0. The summed E-state index contributed by atoms with van der Waals surface area (Å²) in [6.07, 6.45) is 5.95. The summed E-state index contributed by atoms with van der Waals surface area (Å²) in [6, 6.07) is 9.72. The molecule has 1 aliphatic carbocycles. The van der Waals surface area contributed by atoms with Gasteiger partial charge in [0, 0.05) is 24.2 Å². The largest absolute Gasteiger partial charge is 0.328 e. The lowest BCUT2D eigenvalue weighted by Crippen LogP contribution is -2.19. The van der Waals surface area contributed by atoms with Gasteiger partial charge in [-0.3, -0.25) is 13.9 Å². The molecule has 0 spiro atoms. The second-order valence-electron chi connectivity index (χ2n) is 7.55. The van der Waals surface area contributed by atoms with Crippen molar-refractivity contribution in [3.63, 3.8) is 0 Å². The van der Waals surface area contributed by atoms with E-state index >= 15 is 0 Å². The standard InChI is InChI=1S/C22H24FN3O2S/c1-25-18-12-17(24-21(27)15-10-6-7-11-16(15)23)20(13-19(18)26(2)22(25)28)29-14-8-4-3-5-9-14/h6-7,10-14H,3-5,8-9H2,1-2H3,(H,24,27). The molecule has 2 aromatic carbocycles. The summed E-state index contributed by atoms with van der Waals surface area (Å²) in [6.45, 7) is 0. The average Bonchev–Trinajstić information content (AvgIpc) is 2.93. The van der Waals surface area contributed by atoms with Gasteiger partial charge in [0.05, 0.1) is 22.3 Å². The third kappa shape index (κ3) is 3.83. The van der Waals surface area contributed by atoms with Gasteiger partial charge in [0.15, 0.2) is 0 Å². The number of halogens is 1. The van der Waals surface area contributed by atoms with Crippen molar-refractivity contribution in [2.75, 3.05) is 5.32 Å². The van der Waals surface area contributed by atoms with E-state index in [-0.39, 0.29) is 11.3 Å². The fourth-order valence-corrected chi connectivity index (χ4v) is 5.26. The first-order valence-corrected chi connectivity index (χ1v) is 10.8. The van der Waals surface area contributed by atoms with Crippen LogP contribution in [0.15, 0.2) is 46.1 Å². The number of carbonyl (C=O) groups is 1. The third-order valence-corrected chi connectivity index (χ3v) is 6.98. The van der Waals surface area contributed by atoms with E-state index in [4.69, 9.17) is 0 Å². The van der Waals surface area contributed by atoms with Gasteiger partial charge in [0.1, 0.15) is 5.82 Å². The van der Waals surface area contributed by atoms with E-state index in [2.05, 4.69) is 5.32 Å². The number of rotatable bonds is 4. The Morgan fingerprint density at radius 2 is 1.72 bits per heavy atom. The Kier molecular flexibility index (Phi) is 5.50. The Hall–Kier alpha value is -2.54. The number of aryl methyl sites for hydroxylation is 2. The van der Waals surface area contributed by atoms with Gasteiger partial charge in [-0.25, -0.2) is 9.18 Å². The number of hydrogen-bond donors (Lipinski definition) is 1. The van der Waals surface area contributed by atoms with Gasteiger partial charge >= 0.3 is 5.69 Å². The molecule has 0 unspecified atom stereocenters. The number of aromatic nitrogens is 2. The molecule has 1 aliphatic rings. The molecule has 5 nitrogen and oxygen atoms in total. The third-order valence-electron chi connectivity index (χ3n) is 5.59. The first-order chi connectivity index (χ1) is 14.0. The molecule has 29 heavy (non-hydrogen) atoms. The molecule has 1 heterocycles. The molecule has 1 saturated carbocycles. The topological polar surface area (TPSA) is 56.0 Å².